The summed E-state index contributed by atoms with van der Waals surface area (Å²) >= 11 is 5.78. The van der Waals surface area contributed by atoms with E-state index in [1.807, 2.05) is 24.3 Å². The van der Waals surface area contributed by atoms with Crippen LogP contribution in [0.25, 0.3) is 0 Å². The van der Waals surface area contributed by atoms with Gasteiger partial charge in [0.15, 0.2) is 0 Å². The van der Waals surface area contributed by atoms with Crippen LogP contribution in [0.2, 0.25) is 0 Å². The van der Waals surface area contributed by atoms with Crippen LogP contribution in [0.3, 0.4) is 0 Å². The number of alkyl halides is 1. The lowest BCUT2D eigenvalue weighted by Gasteiger charge is -2.25. The highest BCUT2D eigenvalue weighted by Gasteiger charge is 2.18. The average Bonchev–Trinajstić information content (AvgIpc) is 2.38. The Morgan fingerprint density at radius 1 is 1.21 bits per heavy atom. The zero-order valence-electron chi connectivity index (χ0n) is 12.2. The molecule has 0 saturated heterocycles. The minimum absolute atomic E-state index is 0.0155. The minimum atomic E-state index is -0.0155. The largest absolute Gasteiger partial charge is 0.352 e. The maximum absolute atomic E-state index is 12.1. The number of hydrogen-bond acceptors (Lipinski definition) is 1. The van der Waals surface area contributed by atoms with Crippen molar-refractivity contribution in [2.24, 2.45) is 17.8 Å². The van der Waals surface area contributed by atoms with E-state index in [2.05, 4.69) is 33.0 Å². The lowest BCUT2D eigenvalue weighted by atomic mass is 9.85. The summed E-state index contributed by atoms with van der Waals surface area (Å²) in [5.74, 6) is 2.05. The van der Waals surface area contributed by atoms with Crippen LogP contribution in [0.4, 0.5) is 0 Å². The van der Waals surface area contributed by atoms with Crippen LogP contribution in [0.5, 0.6) is 0 Å². The van der Waals surface area contributed by atoms with Crippen molar-refractivity contribution in [3.63, 3.8) is 0 Å². The quantitative estimate of drug-likeness (QED) is 0.782. The third kappa shape index (κ3) is 4.87. The molecule has 106 valence electrons. The molecule has 0 aliphatic rings. The van der Waals surface area contributed by atoms with Crippen LogP contribution in [0.15, 0.2) is 24.3 Å². The summed E-state index contributed by atoms with van der Waals surface area (Å²) in [5.41, 5.74) is 1.66. The Hall–Kier alpha value is -1.02. The molecule has 0 spiro atoms. The van der Waals surface area contributed by atoms with Crippen molar-refractivity contribution in [3.8, 4) is 0 Å². The molecule has 0 radical (unpaired) electrons. The second-order valence-electron chi connectivity index (χ2n) is 5.70. The molecule has 3 heteroatoms. The Morgan fingerprint density at radius 3 is 2.37 bits per heavy atom. The Bertz CT molecular complexity index is 407. The van der Waals surface area contributed by atoms with Crippen LogP contribution in [-0.4, -0.2) is 12.5 Å². The normalized spacial score (nSPS) is 11.4. The number of rotatable bonds is 6. The second kappa shape index (κ2) is 7.54. The Morgan fingerprint density at radius 2 is 1.84 bits per heavy atom. The van der Waals surface area contributed by atoms with Gasteiger partial charge in [0.1, 0.15) is 0 Å². The molecule has 0 heterocycles. The molecule has 0 aromatic heterocycles. The van der Waals surface area contributed by atoms with E-state index in [-0.39, 0.29) is 5.91 Å². The van der Waals surface area contributed by atoms with Gasteiger partial charge in [-0.05, 0) is 35.4 Å². The molecule has 0 bridgehead atoms. The van der Waals surface area contributed by atoms with Gasteiger partial charge in [-0.2, -0.15) is 0 Å². The van der Waals surface area contributed by atoms with Crippen LogP contribution >= 0.6 is 11.6 Å². The van der Waals surface area contributed by atoms with E-state index in [1.165, 1.54) is 0 Å². The molecule has 1 amide bonds. The summed E-state index contributed by atoms with van der Waals surface area (Å²) < 4.78 is 0. The number of carbonyl (C=O) groups is 1. The van der Waals surface area contributed by atoms with Crippen molar-refractivity contribution in [1.82, 2.24) is 5.32 Å². The minimum Gasteiger partial charge on any atom is -0.352 e. The molecule has 1 aromatic carbocycles. The number of halogens is 1. The van der Waals surface area contributed by atoms with Gasteiger partial charge in [0, 0.05) is 18.0 Å². The second-order valence-corrected chi connectivity index (χ2v) is 5.96. The van der Waals surface area contributed by atoms with Crippen molar-refractivity contribution >= 4 is 17.5 Å². The molecule has 2 nitrogen and oxygen atoms in total. The summed E-state index contributed by atoms with van der Waals surface area (Å²) in [6.07, 6.45) is 0. The lowest BCUT2D eigenvalue weighted by Crippen LogP contribution is -2.33. The highest BCUT2D eigenvalue weighted by molar-refractivity contribution is 6.17. The Balaban J connectivity index is 2.64. The first kappa shape index (κ1) is 16.0. The van der Waals surface area contributed by atoms with Gasteiger partial charge in [-0.1, -0.05) is 39.8 Å². The Labute approximate surface area is 121 Å². The third-order valence-corrected chi connectivity index (χ3v) is 3.86. The highest BCUT2D eigenvalue weighted by atomic mass is 35.5. The molecule has 0 fully saturated rings. The lowest BCUT2D eigenvalue weighted by molar-refractivity contribution is 0.0937. The van der Waals surface area contributed by atoms with E-state index in [0.29, 0.717) is 29.2 Å². The van der Waals surface area contributed by atoms with Crippen molar-refractivity contribution in [2.75, 3.05) is 6.54 Å². The van der Waals surface area contributed by atoms with Crippen molar-refractivity contribution in [3.05, 3.63) is 35.4 Å². The zero-order chi connectivity index (χ0) is 14.4. The third-order valence-electron chi connectivity index (χ3n) is 3.55. The summed E-state index contributed by atoms with van der Waals surface area (Å²) in [6.45, 7) is 9.52. The Kier molecular flexibility index (Phi) is 6.36. The summed E-state index contributed by atoms with van der Waals surface area (Å²) in [4.78, 5) is 12.1. The van der Waals surface area contributed by atoms with Gasteiger partial charge >= 0.3 is 0 Å². The average molecular weight is 282 g/mol. The van der Waals surface area contributed by atoms with E-state index >= 15 is 0 Å². The van der Waals surface area contributed by atoms with Gasteiger partial charge in [-0.15, -0.1) is 11.6 Å². The molecule has 0 aliphatic heterocycles. The molecular weight excluding hydrogens is 258 g/mol. The smallest absolute Gasteiger partial charge is 0.251 e. The molecule has 0 atom stereocenters. The van der Waals surface area contributed by atoms with Gasteiger partial charge in [-0.3, -0.25) is 4.79 Å². The van der Waals surface area contributed by atoms with Crippen molar-refractivity contribution in [1.29, 1.82) is 0 Å². The van der Waals surface area contributed by atoms with Crippen LogP contribution in [0.1, 0.15) is 43.6 Å². The first-order valence-electron chi connectivity index (χ1n) is 6.88. The van der Waals surface area contributed by atoms with Crippen molar-refractivity contribution in [2.45, 2.75) is 33.6 Å². The number of amides is 1. The summed E-state index contributed by atoms with van der Waals surface area (Å²) in [6, 6.07) is 7.47. The van der Waals surface area contributed by atoms with Crippen molar-refractivity contribution < 1.29 is 4.79 Å². The molecule has 0 aliphatic carbocycles. The zero-order valence-corrected chi connectivity index (χ0v) is 13.0. The van der Waals surface area contributed by atoms with E-state index in [4.69, 9.17) is 11.6 Å². The summed E-state index contributed by atoms with van der Waals surface area (Å²) in [7, 11) is 0. The molecule has 1 aromatic rings. The van der Waals surface area contributed by atoms with Gasteiger partial charge in [0.25, 0.3) is 5.91 Å². The van der Waals surface area contributed by atoms with Gasteiger partial charge < -0.3 is 5.32 Å². The van der Waals surface area contributed by atoms with E-state index in [0.717, 1.165) is 12.1 Å². The molecule has 1 N–H and O–H groups in total. The molecule has 0 unspecified atom stereocenters. The SMILES string of the molecule is CC(C)C(CNC(=O)c1cccc(CCl)c1)C(C)C. The first-order valence-corrected chi connectivity index (χ1v) is 7.42. The number of hydrogen-bond donors (Lipinski definition) is 1. The molecular formula is C16H24ClNO. The summed E-state index contributed by atoms with van der Waals surface area (Å²) in [5, 5.41) is 3.03. The van der Waals surface area contributed by atoms with Gasteiger partial charge in [-0.25, -0.2) is 0 Å². The monoisotopic (exact) mass is 281 g/mol. The predicted octanol–water partition coefficient (Wildman–Crippen LogP) is 4.08. The molecule has 1 rings (SSSR count). The predicted molar refractivity (Wildman–Crippen MR) is 81.5 cm³/mol. The topological polar surface area (TPSA) is 29.1 Å². The fourth-order valence-corrected chi connectivity index (χ4v) is 2.52. The van der Waals surface area contributed by atoms with Gasteiger partial charge in [0.05, 0.1) is 0 Å². The maximum atomic E-state index is 12.1. The number of nitrogens with one attached hydrogen (secondary N) is 1. The first-order chi connectivity index (χ1) is 8.95. The van der Waals surface area contributed by atoms with Crippen LogP contribution < -0.4 is 5.32 Å². The van der Waals surface area contributed by atoms with E-state index in [9.17, 15) is 4.79 Å². The molecule has 19 heavy (non-hydrogen) atoms. The van der Waals surface area contributed by atoms with Crippen LogP contribution in [-0.2, 0) is 5.88 Å². The van der Waals surface area contributed by atoms with Crippen LogP contribution in [0, 0.1) is 17.8 Å². The fourth-order valence-electron chi connectivity index (χ4n) is 2.35. The highest BCUT2D eigenvalue weighted by Crippen LogP contribution is 2.19. The number of benzene rings is 1. The molecule has 0 saturated carbocycles. The van der Waals surface area contributed by atoms with E-state index < -0.39 is 0 Å². The maximum Gasteiger partial charge on any atom is 0.251 e. The fraction of sp³-hybridized carbons (Fsp3) is 0.562. The number of carbonyl (C=O) groups excluding carboxylic acids is 1. The van der Waals surface area contributed by atoms with Gasteiger partial charge in [0.2, 0.25) is 0 Å². The standard InChI is InChI=1S/C16H24ClNO/c1-11(2)15(12(3)4)10-18-16(19)14-7-5-6-13(8-14)9-17/h5-8,11-12,15H,9-10H2,1-4H3,(H,18,19). The van der Waals surface area contributed by atoms with E-state index in [1.54, 1.807) is 0 Å².